The van der Waals surface area contributed by atoms with E-state index in [1.807, 2.05) is 0 Å². The molecule has 82 valence electrons. The molecule has 0 saturated heterocycles. The monoisotopic (exact) mass is 280 g/mol. The highest BCUT2D eigenvalue weighted by Crippen LogP contribution is 2.28. The van der Waals surface area contributed by atoms with Crippen molar-refractivity contribution in [1.82, 2.24) is 9.97 Å². The van der Waals surface area contributed by atoms with Crippen LogP contribution < -0.4 is 10.3 Å². The topological polar surface area (TPSA) is 55.0 Å². The van der Waals surface area contributed by atoms with Crippen LogP contribution in [0.25, 0.3) is 11.3 Å². The minimum Gasteiger partial charge on any atom is -0.496 e. The summed E-state index contributed by atoms with van der Waals surface area (Å²) in [7, 11) is 1.59. The van der Waals surface area contributed by atoms with Crippen molar-refractivity contribution in [3.05, 3.63) is 45.4 Å². The molecular formula is C11H9BrN2O2. The molecule has 0 aliphatic rings. The molecule has 0 bridgehead atoms. The molecule has 1 aromatic carbocycles. The van der Waals surface area contributed by atoms with Crippen molar-refractivity contribution in [2.75, 3.05) is 7.11 Å². The van der Waals surface area contributed by atoms with Crippen molar-refractivity contribution < 1.29 is 4.74 Å². The average molecular weight is 281 g/mol. The second-order valence-electron chi connectivity index (χ2n) is 3.12. The fraction of sp³-hybridized carbons (Fsp3) is 0.0909. The largest absolute Gasteiger partial charge is 0.496 e. The molecule has 16 heavy (non-hydrogen) atoms. The number of aromatic nitrogens is 2. The Morgan fingerprint density at radius 1 is 1.44 bits per heavy atom. The van der Waals surface area contributed by atoms with Gasteiger partial charge in [-0.1, -0.05) is 0 Å². The third kappa shape index (κ3) is 1.99. The zero-order valence-electron chi connectivity index (χ0n) is 8.53. The van der Waals surface area contributed by atoms with Crippen LogP contribution in [-0.2, 0) is 0 Å². The zero-order chi connectivity index (χ0) is 11.5. The van der Waals surface area contributed by atoms with Crippen LogP contribution >= 0.6 is 15.9 Å². The number of ether oxygens (including phenoxy) is 1. The fourth-order valence-corrected chi connectivity index (χ4v) is 1.91. The second-order valence-corrected chi connectivity index (χ2v) is 3.97. The van der Waals surface area contributed by atoms with Gasteiger partial charge in [-0.05, 0) is 34.1 Å². The van der Waals surface area contributed by atoms with Gasteiger partial charge in [-0.2, -0.15) is 0 Å². The van der Waals surface area contributed by atoms with Gasteiger partial charge in [-0.15, -0.1) is 0 Å². The van der Waals surface area contributed by atoms with Crippen LogP contribution in [0.4, 0.5) is 0 Å². The first-order valence-electron chi connectivity index (χ1n) is 4.60. The maximum Gasteiger partial charge on any atom is 0.274 e. The third-order valence-electron chi connectivity index (χ3n) is 2.13. The SMILES string of the molecule is COc1ccc(-c2ncc[nH]c2=O)cc1Br. The molecule has 1 aromatic heterocycles. The summed E-state index contributed by atoms with van der Waals surface area (Å²) in [4.78, 5) is 18.1. The number of nitrogens with one attached hydrogen (secondary N) is 1. The molecule has 1 N–H and O–H groups in total. The van der Waals surface area contributed by atoms with Crippen molar-refractivity contribution in [3.8, 4) is 17.0 Å². The quantitative estimate of drug-likeness (QED) is 0.918. The van der Waals surface area contributed by atoms with Crippen LogP contribution in [0.15, 0.2) is 39.9 Å². The summed E-state index contributed by atoms with van der Waals surface area (Å²) in [5.74, 6) is 0.719. The zero-order valence-corrected chi connectivity index (χ0v) is 10.1. The number of benzene rings is 1. The predicted molar refractivity (Wildman–Crippen MR) is 64.5 cm³/mol. The van der Waals surface area contributed by atoms with E-state index >= 15 is 0 Å². The molecule has 0 spiro atoms. The number of hydrogen-bond donors (Lipinski definition) is 1. The van der Waals surface area contributed by atoms with E-state index in [0.717, 1.165) is 15.8 Å². The van der Waals surface area contributed by atoms with Gasteiger partial charge in [-0.25, -0.2) is 4.98 Å². The van der Waals surface area contributed by atoms with E-state index in [1.54, 1.807) is 31.5 Å². The Labute approximate surface area is 100 Å². The summed E-state index contributed by atoms with van der Waals surface area (Å²) in [6.07, 6.45) is 3.05. The highest BCUT2D eigenvalue weighted by atomic mass is 79.9. The molecular weight excluding hydrogens is 272 g/mol. The number of H-pyrrole nitrogens is 1. The minimum absolute atomic E-state index is 0.209. The van der Waals surface area contributed by atoms with Crippen LogP contribution in [-0.4, -0.2) is 17.1 Å². The van der Waals surface area contributed by atoms with E-state index in [2.05, 4.69) is 25.9 Å². The van der Waals surface area contributed by atoms with Gasteiger partial charge < -0.3 is 9.72 Å². The van der Waals surface area contributed by atoms with Crippen LogP contribution in [0.1, 0.15) is 0 Å². The van der Waals surface area contributed by atoms with Crippen LogP contribution in [0, 0.1) is 0 Å². The molecule has 0 atom stereocenters. The number of nitrogens with zero attached hydrogens (tertiary/aromatic N) is 1. The molecule has 0 fully saturated rings. The third-order valence-corrected chi connectivity index (χ3v) is 2.75. The molecule has 5 heteroatoms. The first-order valence-corrected chi connectivity index (χ1v) is 5.39. The lowest BCUT2D eigenvalue weighted by atomic mass is 10.1. The summed E-state index contributed by atoms with van der Waals surface area (Å²) in [6, 6.07) is 5.38. The Balaban J connectivity index is 2.54. The van der Waals surface area contributed by atoms with Crippen molar-refractivity contribution in [2.45, 2.75) is 0 Å². The summed E-state index contributed by atoms with van der Waals surface area (Å²) in [5.41, 5.74) is 0.931. The van der Waals surface area contributed by atoms with E-state index in [-0.39, 0.29) is 5.56 Å². The van der Waals surface area contributed by atoms with Gasteiger partial charge in [0.1, 0.15) is 11.4 Å². The Kier molecular flexibility index (Phi) is 3.05. The van der Waals surface area contributed by atoms with E-state index in [1.165, 1.54) is 6.20 Å². The Morgan fingerprint density at radius 2 is 2.25 bits per heavy atom. The lowest BCUT2D eigenvalue weighted by molar-refractivity contribution is 0.412. The van der Waals surface area contributed by atoms with Crippen molar-refractivity contribution in [3.63, 3.8) is 0 Å². The number of hydrogen-bond acceptors (Lipinski definition) is 3. The van der Waals surface area contributed by atoms with E-state index in [0.29, 0.717) is 5.69 Å². The first kappa shape index (κ1) is 10.9. The Morgan fingerprint density at radius 3 is 2.88 bits per heavy atom. The van der Waals surface area contributed by atoms with Crippen molar-refractivity contribution >= 4 is 15.9 Å². The fourth-order valence-electron chi connectivity index (χ4n) is 1.37. The summed E-state index contributed by atoms with van der Waals surface area (Å²) >= 11 is 3.36. The van der Waals surface area contributed by atoms with Gasteiger partial charge in [0.2, 0.25) is 0 Å². The summed E-state index contributed by atoms with van der Waals surface area (Å²) < 4.78 is 5.90. The lowest BCUT2D eigenvalue weighted by Gasteiger charge is -2.05. The summed E-state index contributed by atoms with van der Waals surface area (Å²) in [6.45, 7) is 0. The lowest BCUT2D eigenvalue weighted by Crippen LogP contribution is -2.09. The smallest absolute Gasteiger partial charge is 0.274 e. The van der Waals surface area contributed by atoms with E-state index < -0.39 is 0 Å². The number of rotatable bonds is 2. The van der Waals surface area contributed by atoms with Gasteiger partial charge in [0.25, 0.3) is 5.56 Å². The number of methoxy groups -OCH3 is 1. The molecule has 0 unspecified atom stereocenters. The van der Waals surface area contributed by atoms with Gasteiger partial charge in [0.05, 0.1) is 11.6 Å². The second kappa shape index (κ2) is 4.49. The number of halogens is 1. The first-order chi connectivity index (χ1) is 7.72. The standard InChI is InChI=1S/C11H9BrN2O2/c1-16-9-3-2-7(6-8(9)12)10-11(15)14-5-4-13-10/h2-6H,1H3,(H,14,15). The number of aromatic amines is 1. The normalized spacial score (nSPS) is 10.1. The van der Waals surface area contributed by atoms with Crippen LogP contribution in [0.5, 0.6) is 5.75 Å². The van der Waals surface area contributed by atoms with E-state index in [9.17, 15) is 4.79 Å². The highest BCUT2D eigenvalue weighted by Gasteiger charge is 2.07. The van der Waals surface area contributed by atoms with Gasteiger partial charge in [0, 0.05) is 18.0 Å². The van der Waals surface area contributed by atoms with E-state index in [4.69, 9.17) is 4.74 Å². The van der Waals surface area contributed by atoms with Crippen molar-refractivity contribution in [2.24, 2.45) is 0 Å². The highest BCUT2D eigenvalue weighted by molar-refractivity contribution is 9.10. The summed E-state index contributed by atoms with van der Waals surface area (Å²) in [5, 5.41) is 0. The molecule has 2 rings (SSSR count). The predicted octanol–water partition coefficient (Wildman–Crippen LogP) is 2.21. The molecule has 0 aliphatic heterocycles. The molecule has 1 heterocycles. The molecule has 2 aromatic rings. The molecule has 0 radical (unpaired) electrons. The maximum absolute atomic E-state index is 11.5. The molecule has 4 nitrogen and oxygen atoms in total. The molecule has 0 saturated carbocycles. The Hall–Kier alpha value is -1.62. The van der Waals surface area contributed by atoms with Gasteiger partial charge in [0.15, 0.2) is 0 Å². The Bertz CT molecular complexity index is 566. The average Bonchev–Trinajstić information content (AvgIpc) is 2.29. The van der Waals surface area contributed by atoms with Crippen LogP contribution in [0.3, 0.4) is 0 Å². The molecule has 0 aliphatic carbocycles. The van der Waals surface area contributed by atoms with Gasteiger partial charge >= 0.3 is 0 Å². The minimum atomic E-state index is -0.209. The maximum atomic E-state index is 11.5. The van der Waals surface area contributed by atoms with Crippen molar-refractivity contribution in [1.29, 1.82) is 0 Å². The van der Waals surface area contributed by atoms with Gasteiger partial charge in [-0.3, -0.25) is 4.79 Å². The van der Waals surface area contributed by atoms with Crippen LogP contribution in [0.2, 0.25) is 0 Å². The molecule has 0 amide bonds.